The number of carbonyl (C=O) groups excluding carboxylic acids is 2. The molecule has 0 aromatic heterocycles. The fraction of sp³-hybridized carbons (Fsp3) is 0.318. The lowest BCUT2D eigenvalue weighted by Gasteiger charge is -2.36. The SMILES string of the molecule is O=Cc1c(O)cccc1OCC1COCCN1C(=O)c1ccccc1CCC(=O)O. The summed E-state index contributed by atoms with van der Waals surface area (Å²) in [5.41, 5.74) is 1.18. The molecule has 1 heterocycles. The van der Waals surface area contributed by atoms with Crippen LogP contribution < -0.4 is 4.74 Å². The van der Waals surface area contributed by atoms with Gasteiger partial charge in [0.25, 0.3) is 5.91 Å². The highest BCUT2D eigenvalue weighted by molar-refractivity contribution is 5.96. The lowest BCUT2D eigenvalue weighted by atomic mass is 10.0. The van der Waals surface area contributed by atoms with Crippen molar-refractivity contribution < 1.29 is 34.1 Å². The molecule has 2 aromatic rings. The number of hydrogen-bond donors (Lipinski definition) is 2. The molecule has 2 N–H and O–H groups in total. The highest BCUT2D eigenvalue weighted by atomic mass is 16.5. The summed E-state index contributed by atoms with van der Waals surface area (Å²) in [5, 5.41) is 18.8. The number of aryl methyl sites for hydroxylation is 1. The lowest BCUT2D eigenvalue weighted by molar-refractivity contribution is -0.136. The summed E-state index contributed by atoms with van der Waals surface area (Å²) in [4.78, 5) is 37.0. The molecular formula is C22H23NO7. The van der Waals surface area contributed by atoms with Crippen LogP contribution in [0.2, 0.25) is 0 Å². The van der Waals surface area contributed by atoms with E-state index in [2.05, 4.69) is 0 Å². The average molecular weight is 413 g/mol. The molecule has 1 aliphatic heterocycles. The van der Waals surface area contributed by atoms with Gasteiger partial charge in [-0.2, -0.15) is 0 Å². The van der Waals surface area contributed by atoms with Gasteiger partial charge in [0, 0.05) is 18.5 Å². The van der Waals surface area contributed by atoms with E-state index in [-0.39, 0.29) is 49.0 Å². The number of hydrogen-bond acceptors (Lipinski definition) is 6. The maximum atomic E-state index is 13.2. The number of ether oxygens (including phenoxy) is 2. The highest BCUT2D eigenvalue weighted by Crippen LogP contribution is 2.26. The summed E-state index contributed by atoms with van der Waals surface area (Å²) in [6.07, 6.45) is 0.713. The van der Waals surface area contributed by atoms with Gasteiger partial charge in [-0.1, -0.05) is 24.3 Å². The second-order valence-electron chi connectivity index (χ2n) is 6.90. The number of rotatable bonds is 8. The maximum absolute atomic E-state index is 13.2. The largest absolute Gasteiger partial charge is 0.507 e. The van der Waals surface area contributed by atoms with Crippen LogP contribution in [0.4, 0.5) is 0 Å². The molecule has 0 saturated carbocycles. The van der Waals surface area contributed by atoms with E-state index in [1.165, 1.54) is 6.07 Å². The minimum absolute atomic E-state index is 0.0473. The molecule has 2 aromatic carbocycles. The topological polar surface area (TPSA) is 113 Å². The van der Waals surface area contributed by atoms with Crippen molar-refractivity contribution in [3.05, 3.63) is 59.2 Å². The zero-order chi connectivity index (χ0) is 21.5. The van der Waals surface area contributed by atoms with Crippen molar-refractivity contribution in [3.63, 3.8) is 0 Å². The highest BCUT2D eigenvalue weighted by Gasteiger charge is 2.30. The van der Waals surface area contributed by atoms with Crippen molar-refractivity contribution in [1.29, 1.82) is 0 Å². The lowest BCUT2D eigenvalue weighted by Crippen LogP contribution is -2.51. The Bertz CT molecular complexity index is 927. The molecular weight excluding hydrogens is 390 g/mol. The van der Waals surface area contributed by atoms with Gasteiger partial charge < -0.3 is 24.6 Å². The number of aliphatic carboxylic acids is 1. The van der Waals surface area contributed by atoms with Gasteiger partial charge in [0.2, 0.25) is 0 Å². The van der Waals surface area contributed by atoms with Crippen LogP contribution in [0.15, 0.2) is 42.5 Å². The first-order valence-electron chi connectivity index (χ1n) is 9.59. The van der Waals surface area contributed by atoms with Crippen molar-refractivity contribution in [2.45, 2.75) is 18.9 Å². The Hall–Kier alpha value is -3.39. The Morgan fingerprint density at radius 1 is 1.20 bits per heavy atom. The van der Waals surface area contributed by atoms with Crippen molar-refractivity contribution >= 4 is 18.2 Å². The van der Waals surface area contributed by atoms with Crippen LogP contribution in [0.25, 0.3) is 0 Å². The Balaban J connectivity index is 1.76. The summed E-state index contributed by atoms with van der Waals surface area (Å²) in [6.45, 7) is 1.08. The first kappa shape index (κ1) is 21.3. The van der Waals surface area contributed by atoms with E-state index < -0.39 is 12.0 Å². The molecule has 0 bridgehead atoms. The first-order chi connectivity index (χ1) is 14.5. The molecule has 0 spiro atoms. The average Bonchev–Trinajstić information content (AvgIpc) is 2.76. The van der Waals surface area contributed by atoms with Crippen molar-refractivity contribution in [2.75, 3.05) is 26.4 Å². The summed E-state index contributed by atoms with van der Waals surface area (Å²) in [6, 6.07) is 11.1. The molecule has 8 heteroatoms. The van der Waals surface area contributed by atoms with E-state index in [1.807, 2.05) is 0 Å². The predicted molar refractivity (Wildman–Crippen MR) is 107 cm³/mol. The monoisotopic (exact) mass is 413 g/mol. The van der Waals surface area contributed by atoms with Crippen LogP contribution in [-0.4, -0.2) is 65.7 Å². The normalized spacial score (nSPS) is 16.1. The van der Waals surface area contributed by atoms with Gasteiger partial charge in [-0.25, -0.2) is 0 Å². The first-order valence-corrected chi connectivity index (χ1v) is 9.59. The quantitative estimate of drug-likeness (QED) is 0.638. The summed E-state index contributed by atoms with van der Waals surface area (Å²) >= 11 is 0. The summed E-state index contributed by atoms with van der Waals surface area (Å²) in [5.74, 6) is -1.10. The van der Waals surface area contributed by atoms with Crippen LogP contribution in [0.3, 0.4) is 0 Å². The number of carboxylic acids is 1. The number of benzene rings is 2. The fourth-order valence-corrected chi connectivity index (χ4v) is 3.37. The molecule has 1 saturated heterocycles. The van der Waals surface area contributed by atoms with Crippen LogP contribution in [0.5, 0.6) is 11.5 Å². The van der Waals surface area contributed by atoms with E-state index in [1.54, 1.807) is 41.3 Å². The molecule has 0 radical (unpaired) electrons. The van der Waals surface area contributed by atoms with Crippen molar-refractivity contribution in [2.24, 2.45) is 0 Å². The van der Waals surface area contributed by atoms with Gasteiger partial charge >= 0.3 is 5.97 Å². The number of aldehydes is 1. The van der Waals surface area contributed by atoms with E-state index in [0.717, 1.165) is 0 Å². The van der Waals surface area contributed by atoms with E-state index >= 15 is 0 Å². The van der Waals surface area contributed by atoms with Crippen molar-refractivity contribution in [3.8, 4) is 11.5 Å². The van der Waals surface area contributed by atoms with E-state index in [4.69, 9.17) is 14.6 Å². The minimum atomic E-state index is -0.924. The molecule has 8 nitrogen and oxygen atoms in total. The number of phenols is 1. The van der Waals surface area contributed by atoms with Crippen LogP contribution >= 0.6 is 0 Å². The zero-order valence-corrected chi connectivity index (χ0v) is 16.3. The summed E-state index contributed by atoms with van der Waals surface area (Å²) < 4.78 is 11.2. The molecule has 3 rings (SSSR count). The predicted octanol–water partition coefficient (Wildman–Crippen LogP) is 2.14. The third-order valence-electron chi connectivity index (χ3n) is 4.94. The van der Waals surface area contributed by atoms with Crippen LogP contribution in [-0.2, 0) is 16.0 Å². The summed E-state index contributed by atoms with van der Waals surface area (Å²) in [7, 11) is 0. The van der Waals surface area contributed by atoms with Gasteiger partial charge in [0.05, 0.1) is 24.8 Å². The molecule has 1 atom stereocenters. The smallest absolute Gasteiger partial charge is 0.303 e. The number of carboxylic acid groups (broad SMARTS) is 1. The molecule has 158 valence electrons. The third-order valence-corrected chi connectivity index (χ3v) is 4.94. The third kappa shape index (κ3) is 4.96. The number of nitrogens with zero attached hydrogens (tertiary/aromatic N) is 1. The molecule has 30 heavy (non-hydrogen) atoms. The van der Waals surface area contributed by atoms with Crippen LogP contribution in [0.1, 0.15) is 32.7 Å². The van der Waals surface area contributed by atoms with Crippen LogP contribution in [0, 0.1) is 0 Å². The van der Waals surface area contributed by atoms with E-state index in [0.29, 0.717) is 30.6 Å². The molecule has 1 unspecified atom stereocenters. The zero-order valence-electron chi connectivity index (χ0n) is 16.3. The van der Waals surface area contributed by atoms with Gasteiger partial charge in [0.1, 0.15) is 18.1 Å². The molecule has 1 amide bonds. The molecule has 1 fully saturated rings. The van der Waals surface area contributed by atoms with Gasteiger partial charge in [-0.3, -0.25) is 14.4 Å². The number of amides is 1. The number of morpholine rings is 1. The minimum Gasteiger partial charge on any atom is -0.507 e. The Labute approximate surface area is 173 Å². The number of aromatic hydroxyl groups is 1. The second-order valence-corrected chi connectivity index (χ2v) is 6.90. The fourth-order valence-electron chi connectivity index (χ4n) is 3.37. The molecule has 1 aliphatic rings. The molecule has 0 aliphatic carbocycles. The Morgan fingerprint density at radius 3 is 2.77 bits per heavy atom. The number of phenolic OH excluding ortho intramolecular Hbond substituents is 1. The van der Waals surface area contributed by atoms with Crippen molar-refractivity contribution in [1.82, 2.24) is 4.90 Å². The van der Waals surface area contributed by atoms with Gasteiger partial charge in [-0.15, -0.1) is 0 Å². The Morgan fingerprint density at radius 2 is 2.00 bits per heavy atom. The Kier molecular flexibility index (Phi) is 7.03. The number of carbonyl (C=O) groups is 3. The van der Waals surface area contributed by atoms with E-state index in [9.17, 15) is 19.5 Å². The standard InChI is InChI=1S/C22H23NO7/c24-12-18-19(25)6-3-7-20(18)30-14-16-13-29-11-10-23(16)22(28)17-5-2-1-4-15(17)8-9-21(26)27/h1-7,12,16,25H,8-11,13-14H2,(H,26,27). The van der Waals surface area contributed by atoms with Gasteiger partial charge in [0.15, 0.2) is 6.29 Å². The second kappa shape index (κ2) is 9.89. The van der Waals surface area contributed by atoms with Gasteiger partial charge in [-0.05, 0) is 30.2 Å². The maximum Gasteiger partial charge on any atom is 0.303 e.